The molecule has 1 saturated carbocycles. The van der Waals surface area contributed by atoms with Crippen molar-refractivity contribution in [3.63, 3.8) is 0 Å². The van der Waals surface area contributed by atoms with Crippen LogP contribution in [-0.4, -0.2) is 28.8 Å². The Bertz CT molecular complexity index is 1140. The van der Waals surface area contributed by atoms with Crippen LogP contribution in [0.4, 0.5) is 0 Å². The topological polar surface area (TPSA) is 49.4 Å². The SMILES string of the molecule is Cc1ccc(CN(C(=O)CCc2ccccc2Cl)[C@H](Cc2ccccc2)C(=O)NC2CCCC2)cc1. The minimum absolute atomic E-state index is 0.0435. The van der Waals surface area contributed by atoms with Gasteiger partial charge in [0.1, 0.15) is 6.04 Å². The number of hydrogen-bond acceptors (Lipinski definition) is 2. The number of nitrogens with zero attached hydrogens (tertiary/aromatic N) is 1. The Labute approximate surface area is 219 Å². The van der Waals surface area contributed by atoms with Crippen LogP contribution in [0.5, 0.6) is 0 Å². The normalized spacial score (nSPS) is 14.4. The molecule has 5 heteroatoms. The number of carbonyl (C=O) groups is 2. The summed E-state index contributed by atoms with van der Waals surface area (Å²) in [6, 6.07) is 25.4. The monoisotopic (exact) mass is 502 g/mol. The third kappa shape index (κ3) is 7.20. The highest BCUT2D eigenvalue weighted by Gasteiger charge is 2.32. The minimum atomic E-state index is -0.590. The van der Waals surface area contributed by atoms with Crippen molar-refractivity contribution in [1.29, 1.82) is 0 Å². The van der Waals surface area contributed by atoms with Gasteiger partial charge in [-0.25, -0.2) is 0 Å². The molecule has 0 unspecified atom stereocenters. The highest BCUT2D eigenvalue weighted by Crippen LogP contribution is 2.22. The van der Waals surface area contributed by atoms with Crippen molar-refractivity contribution in [2.75, 3.05) is 0 Å². The first-order valence-corrected chi connectivity index (χ1v) is 13.3. The molecule has 36 heavy (non-hydrogen) atoms. The van der Waals surface area contributed by atoms with Crippen LogP contribution in [0.3, 0.4) is 0 Å². The molecule has 188 valence electrons. The quantitative estimate of drug-likeness (QED) is 0.354. The number of rotatable bonds is 10. The Kier molecular flexibility index (Phi) is 9.18. The van der Waals surface area contributed by atoms with Gasteiger partial charge in [-0.05, 0) is 48.9 Å². The van der Waals surface area contributed by atoms with E-state index in [0.29, 0.717) is 24.4 Å². The van der Waals surface area contributed by atoms with Crippen molar-refractivity contribution in [2.24, 2.45) is 0 Å². The molecule has 0 heterocycles. The van der Waals surface area contributed by atoms with E-state index in [0.717, 1.165) is 47.9 Å². The second-order valence-corrected chi connectivity index (χ2v) is 10.2. The minimum Gasteiger partial charge on any atom is -0.352 e. The van der Waals surface area contributed by atoms with Gasteiger partial charge in [-0.1, -0.05) is 103 Å². The average molecular weight is 503 g/mol. The largest absolute Gasteiger partial charge is 0.352 e. The lowest BCUT2D eigenvalue weighted by Crippen LogP contribution is -2.52. The van der Waals surface area contributed by atoms with Crippen LogP contribution >= 0.6 is 11.6 Å². The van der Waals surface area contributed by atoms with Crippen LogP contribution in [0.1, 0.15) is 54.4 Å². The second-order valence-electron chi connectivity index (χ2n) is 9.79. The van der Waals surface area contributed by atoms with Crippen molar-refractivity contribution >= 4 is 23.4 Å². The summed E-state index contributed by atoms with van der Waals surface area (Å²) in [5, 5.41) is 3.92. The number of hydrogen-bond donors (Lipinski definition) is 1. The number of benzene rings is 3. The van der Waals surface area contributed by atoms with Crippen LogP contribution in [0.15, 0.2) is 78.9 Å². The third-order valence-electron chi connectivity index (χ3n) is 7.01. The number of halogens is 1. The van der Waals surface area contributed by atoms with Gasteiger partial charge in [0.25, 0.3) is 0 Å². The predicted octanol–water partition coefficient (Wildman–Crippen LogP) is 6.28. The van der Waals surface area contributed by atoms with Crippen molar-refractivity contribution in [3.8, 4) is 0 Å². The number of aryl methyl sites for hydroxylation is 2. The van der Waals surface area contributed by atoms with Crippen LogP contribution in [0, 0.1) is 6.92 Å². The first-order chi connectivity index (χ1) is 17.5. The molecule has 0 radical (unpaired) electrons. The summed E-state index contributed by atoms with van der Waals surface area (Å²) < 4.78 is 0. The molecule has 1 N–H and O–H groups in total. The molecule has 3 aromatic rings. The smallest absolute Gasteiger partial charge is 0.243 e. The molecule has 0 saturated heterocycles. The Morgan fingerprint density at radius 1 is 0.917 bits per heavy atom. The number of carbonyl (C=O) groups excluding carboxylic acids is 2. The first-order valence-electron chi connectivity index (χ1n) is 12.9. The summed E-state index contributed by atoms with van der Waals surface area (Å²) in [5.74, 6) is -0.109. The first kappa shape index (κ1) is 26.0. The molecule has 3 aromatic carbocycles. The van der Waals surface area contributed by atoms with E-state index in [1.165, 1.54) is 0 Å². The Morgan fingerprint density at radius 2 is 1.58 bits per heavy atom. The van der Waals surface area contributed by atoms with Gasteiger partial charge in [-0.2, -0.15) is 0 Å². The molecule has 1 fully saturated rings. The van der Waals surface area contributed by atoms with Crippen molar-refractivity contribution in [3.05, 3.63) is 106 Å². The number of amides is 2. The summed E-state index contributed by atoms with van der Waals surface area (Å²) in [7, 11) is 0. The maximum atomic E-state index is 13.8. The van der Waals surface area contributed by atoms with Crippen molar-refractivity contribution in [2.45, 2.75) is 70.5 Å². The van der Waals surface area contributed by atoms with E-state index in [1.54, 1.807) is 4.90 Å². The average Bonchev–Trinajstić information content (AvgIpc) is 3.40. The fourth-order valence-corrected chi connectivity index (χ4v) is 5.13. The zero-order chi connectivity index (χ0) is 25.3. The molecule has 0 aliphatic heterocycles. The van der Waals surface area contributed by atoms with Gasteiger partial charge >= 0.3 is 0 Å². The summed E-state index contributed by atoms with van der Waals surface area (Å²) in [6.45, 7) is 2.43. The maximum absolute atomic E-state index is 13.8. The molecule has 0 bridgehead atoms. The molecule has 4 nitrogen and oxygen atoms in total. The van der Waals surface area contributed by atoms with Crippen LogP contribution in [0.25, 0.3) is 0 Å². The van der Waals surface area contributed by atoms with Crippen LogP contribution < -0.4 is 5.32 Å². The summed E-state index contributed by atoms with van der Waals surface area (Å²) in [6.07, 6.45) is 5.58. The summed E-state index contributed by atoms with van der Waals surface area (Å²) in [5.41, 5.74) is 4.16. The standard InChI is InChI=1S/C31H35ClN2O2/c1-23-15-17-25(18-16-23)22-34(30(35)20-19-26-11-5-8-14-28(26)32)29(21-24-9-3-2-4-10-24)31(36)33-27-12-6-7-13-27/h2-5,8-11,14-18,27,29H,6-7,12-13,19-22H2,1H3,(H,33,36)/t29-/m1/s1. The van der Waals surface area contributed by atoms with Gasteiger partial charge in [-0.3, -0.25) is 9.59 Å². The lowest BCUT2D eigenvalue weighted by molar-refractivity contribution is -0.141. The van der Waals surface area contributed by atoms with E-state index in [1.807, 2.05) is 85.8 Å². The summed E-state index contributed by atoms with van der Waals surface area (Å²) in [4.78, 5) is 29.2. The van der Waals surface area contributed by atoms with Gasteiger partial charge in [0, 0.05) is 30.5 Å². The third-order valence-corrected chi connectivity index (χ3v) is 7.38. The van der Waals surface area contributed by atoms with Crippen LogP contribution in [0.2, 0.25) is 5.02 Å². The molecular weight excluding hydrogens is 468 g/mol. The zero-order valence-electron chi connectivity index (χ0n) is 21.0. The molecule has 2 amide bonds. The number of nitrogens with one attached hydrogen (secondary N) is 1. The highest BCUT2D eigenvalue weighted by molar-refractivity contribution is 6.31. The fraction of sp³-hybridized carbons (Fsp3) is 0.355. The molecule has 1 aliphatic carbocycles. The molecule has 0 spiro atoms. The van der Waals surface area contributed by atoms with Gasteiger partial charge in [0.2, 0.25) is 11.8 Å². The van der Waals surface area contributed by atoms with Gasteiger partial charge < -0.3 is 10.2 Å². The van der Waals surface area contributed by atoms with Crippen molar-refractivity contribution in [1.82, 2.24) is 10.2 Å². The van der Waals surface area contributed by atoms with Gasteiger partial charge in [-0.15, -0.1) is 0 Å². The highest BCUT2D eigenvalue weighted by atomic mass is 35.5. The van der Waals surface area contributed by atoms with E-state index in [2.05, 4.69) is 5.32 Å². The Morgan fingerprint density at radius 3 is 2.28 bits per heavy atom. The summed E-state index contributed by atoms with van der Waals surface area (Å²) >= 11 is 6.36. The molecule has 4 rings (SSSR count). The molecular formula is C31H35ClN2O2. The predicted molar refractivity (Wildman–Crippen MR) is 146 cm³/mol. The van der Waals surface area contributed by atoms with E-state index >= 15 is 0 Å². The Hall–Kier alpha value is -3.11. The van der Waals surface area contributed by atoms with Gasteiger partial charge in [0.05, 0.1) is 0 Å². The molecule has 1 aliphatic rings. The second kappa shape index (κ2) is 12.7. The van der Waals surface area contributed by atoms with E-state index in [9.17, 15) is 9.59 Å². The lowest BCUT2D eigenvalue weighted by Gasteiger charge is -2.32. The zero-order valence-corrected chi connectivity index (χ0v) is 21.7. The van der Waals surface area contributed by atoms with E-state index in [-0.39, 0.29) is 24.3 Å². The van der Waals surface area contributed by atoms with Crippen molar-refractivity contribution < 1.29 is 9.59 Å². The van der Waals surface area contributed by atoms with E-state index < -0.39 is 6.04 Å². The maximum Gasteiger partial charge on any atom is 0.243 e. The Balaban J connectivity index is 1.61. The molecule has 0 aromatic heterocycles. The molecule has 1 atom stereocenters. The van der Waals surface area contributed by atoms with Gasteiger partial charge in [0.15, 0.2) is 0 Å². The fourth-order valence-electron chi connectivity index (χ4n) is 4.90. The van der Waals surface area contributed by atoms with E-state index in [4.69, 9.17) is 11.6 Å². The van der Waals surface area contributed by atoms with Crippen LogP contribution in [-0.2, 0) is 29.0 Å². The lowest BCUT2D eigenvalue weighted by atomic mass is 10.0.